The molecule has 3 N–H and O–H groups in total. The molecule has 0 radical (unpaired) electrons. The first-order chi connectivity index (χ1) is 14.2. The largest absolute Gasteiger partial charge is 0.367 e. The molecule has 1 aromatic carbocycles. The summed E-state index contributed by atoms with van der Waals surface area (Å²) >= 11 is 0. The Labute approximate surface area is 169 Å². The number of hydrogen-bond acceptors (Lipinski definition) is 7. The summed E-state index contributed by atoms with van der Waals surface area (Å²) in [7, 11) is 0. The predicted octanol–water partition coefficient (Wildman–Crippen LogP) is 2.67. The van der Waals surface area contributed by atoms with E-state index < -0.39 is 0 Å². The first kappa shape index (κ1) is 20.2. The topological polar surface area (TPSA) is 101 Å². The molecule has 0 saturated carbocycles. The van der Waals surface area contributed by atoms with Crippen LogP contribution in [0.15, 0.2) is 60.8 Å². The number of carbonyl (C=O) groups is 1. The van der Waals surface area contributed by atoms with Crippen molar-refractivity contribution < 1.29 is 9.53 Å². The highest BCUT2D eigenvalue weighted by atomic mass is 16.5. The molecule has 0 spiro atoms. The Hall–Kier alpha value is -3.52. The molecule has 0 saturated heterocycles. The van der Waals surface area contributed by atoms with Gasteiger partial charge in [0.25, 0.3) is 0 Å². The van der Waals surface area contributed by atoms with Gasteiger partial charge in [0, 0.05) is 19.3 Å². The Balaban J connectivity index is 1.31. The van der Waals surface area contributed by atoms with Gasteiger partial charge in [-0.3, -0.25) is 4.79 Å². The van der Waals surface area contributed by atoms with Gasteiger partial charge >= 0.3 is 0 Å². The number of benzene rings is 1. The van der Waals surface area contributed by atoms with Gasteiger partial charge in [0.05, 0.1) is 6.61 Å². The molecule has 0 atom stereocenters. The van der Waals surface area contributed by atoms with Crippen LogP contribution < -0.4 is 16.0 Å². The maximum absolute atomic E-state index is 11.8. The molecule has 2 heterocycles. The standard InChI is InChI=1S/C21H24N6O2/c1-16-9-10-22-20(13-16)25-19-8-7-18(26-27-19)23-11-12-24-21(28)15-29-14-17-5-3-2-4-6-17/h2-10,13H,11-12,14-15H2,1H3,(H,23,26)(H,24,28)(H,22,25,27). The lowest BCUT2D eigenvalue weighted by atomic mass is 10.2. The quantitative estimate of drug-likeness (QED) is 0.456. The number of pyridine rings is 1. The minimum Gasteiger partial charge on any atom is -0.367 e. The van der Waals surface area contributed by atoms with Gasteiger partial charge in [-0.25, -0.2) is 4.98 Å². The van der Waals surface area contributed by atoms with Crippen LogP contribution in [0.4, 0.5) is 17.5 Å². The van der Waals surface area contributed by atoms with Crippen molar-refractivity contribution in [2.24, 2.45) is 0 Å². The molecule has 0 fully saturated rings. The lowest BCUT2D eigenvalue weighted by Gasteiger charge is -2.09. The maximum Gasteiger partial charge on any atom is 0.246 e. The number of nitrogens with one attached hydrogen (secondary N) is 3. The highest BCUT2D eigenvalue weighted by molar-refractivity contribution is 5.77. The Bertz CT molecular complexity index is 903. The molecule has 150 valence electrons. The number of anilines is 3. The number of nitrogens with zero attached hydrogens (tertiary/aromatic N) is 3. The van der Waals surface area contributed by atoms with E-state index in [4.69, 9.17) is 4.74 Å². The fourth-order valence-corrected chi connectivity index (χ4v) is 2.51. The van der Waals surface area contributed by atoms with Gasteiger partial charge in [0.15, 0.2) is 5.82 Å². The van der Waals surface area contributed by atoms with Gasteiger partial charge in [0.1, 0.15) is 18.2 Å². The van der Waals surface area contributed by atoms with E-state index in [1.54, 1.807) is 6.20 Å². The number of aromatic nitrogens is 3. The van der Waals surface area contributed by atoms with Gasteiger partial charge in [-0.1, -0.05) is 30.3 Å². The summed E-state index contributed by atoms with van der Waals surface area (Å²) < 4.78 is 5.40. The van der Waals surface area contributed by atoms with Crippen LogP contribution >= 0.6 is 0 Å². The molecule has 0 aliphatic carbocycles. The fraction of sp³-hybridized carbons (Fsp3) is 0.238. The van der Waals surface area contributed by atoms with E-state index in [1.165, 1.54) is 0 Å². The summed E-state index contributed by atoms with van der Waals surface area (Å²) in [6.07, 6.45) is 1.74. The Morgan fingerprint density at radius 3 is 2.52 bits per heavy atom. The van der Waals surface area contributed by atoms with E-state index in [0.29, 0.717) is 31.3 Å². The molecular weight excluding hydrogens is 368 g/mol. The fourth-order valence-electron chi connectivity index (χ4n) is 2.51. The average Bonchev–Trinajstić information content (AvgIpc) is 2.73. The minimum atomic E-state index is -0.154. The number of amides is 1. The molecule has 3 aromatic rings. The van der Waals surface area contributed by atoms with Crippen molar-refractivity contribution in [2.75, 3.05) is 30.3 Å². The van der Waals surface area contributed by atoms with Crippen LogP contribution in [0.1, 0.15) is 11.1 Å². The highest BCUT2D eigenvalue weighted by Crippen LogP contribution is 2.13. The van der Waals surface area contributed by atoms with Crippen LogP contribution in [-0.4, -0.2) is 40.8 Å². The van der Waals surface area contributed by atoms with Gasteiger partial charge in [-0.15, -0.1) is 10.2 Å². The van der Waals surface area contributed by atoms with E-state index in [1.807, 2.05) is 61.5 Å². The maximum atomic E-state index is 11.8. The summed E-state index contributed by atoms with van der Waals surface area (Å²) in [5.41, 5.74) is 2.15. The third-order valence-electron chi connectivity index (χ3n) is 3.93. The van der Waals surface area contributed by atoms with Crippen molar-refractivity contribution in [1.29, 1.82) is 0 Å². The molecule has 1 amide bonds. The van der Waals surface area contributed by atoms with Crippen molar-refractivity contribution in [3.63, 3.8) is 0 Å². The van der Waals surface area contributed by atoms with Gasteiger partial charge in [-0.05, 0) is 42.3 Å². The molecule has 8 nitrogen and oxygen atoms in total. The monoisotopic (exact) mass is 392 g/mol. The second-order valence-corrected chi connectivity index (χ2v) is 6.40. The number of hydrogen-bond donors (Lipinski definition) is 3. The molecule has 29 heavy (non-hydrogen) atoms. The second kappa shape index (κ2) is 10.7. The van der Waals surface area contributed by atoms with Crippen LogP contribution in [0.5, 0.6) is 0 Å². The first-order valence-electron chi connectivity index (χ1n) is 9.35. The van der Waals surface area contributed by atoms with E-state index in [-0.39, 0.29) is 12.5 Å². The normalized spacial score (nSPS) is 10.4. The van der Waals surface area contributed by atoms with E-state index in [2.05, 4.69) is 31.1 Å². The predicted molar refractivity (Wildman–Crippen MR) is 112 cm³/mol. The van der Waals surface area contributed by atoms with Gasteiger partial charge in [0.2, 0.25) is 5.91 Å². The third-order valence-corrected chi connectivity index (χ3v) is 3.93. The average molecular weight is 392 g/mol. The van der Waals surface area contributed by atoms with Gasteiger partial charge in [-0.2, -0.15) is 0 Å². The summed E-state index contributed by atoms with van der Waals surface area (Å²) in [5, 5.41) is 17.2. The number of rotatable bonds is 10. The SMILES string of the molecule is Cc1ccnc(Nc2ccc(NCCNC(=O)COCc3ccccc3)nn2)c1. The second-order valence-electron chi connectivity index (χ2n) is 6.40. The van der Waals surface area contributed by atoms with Crippen LogP contribution in [-0.2, 0) is 16.1 Å². The Kier molecular flexibility index (Phi) is 7.48. The van der Waals surface area contributed by atoms with Crippen molar-refractivity contribution in [1.82, 2.24) is 20.5 Å². The molecular formula is C21H24N6O2. The Morgan fingerprint density at radius 2 is 1.76 bits per heavy atom. The zero-order valence-electron chi connectivity index (χ0n) is 16.3. The molecule has 0 aliphatic heterocycles. The summed E-state index contributed by atoms with van der Waals surface area (Å²) in [4.78, 5) is 16.0. The van der Waals surface area contributed by atoms with Crippen molar-refractivity contribution >= 4 is 23.4 Å². The van der Waals surface area contributed by atoms with E-state index in [9.17, 15) is 4.79 Å². The first-order valence-corrected chi connectivity index (χ1v) is 9.35. The van der Waals surface area contributed by atoms with Crippen molar-refractivity contribution in [3.8, 4) is 0 Å². The van der Waals surface area contributed by atoms with Crippen molar-refractivity contribution in [3.05, 3.63) is 71.9 Å². The molecule has 2 aromatic heterocycles. The molecule has 3 rings (SSSR count). The summed E-state index contributed by atoms with van der Waals surface area (Å²) in [6, 6.07) is 17.2. The van der Waals surface area contributed by atoms with Gasteiger partial charge < -0.3 is 20.7 Å². The van der Waals surface area contributed by atoms with Crippen LogP contribution in [0.2, 0.25) is 0 Å². The van der Waals surface area contributed by atoms with Crippen molar-refractivity contribution in [2.45, 2.75) is 13.5 Å². The summed E-state index contributed by atoms with van der Waals surface area (Å²) in [6.45, 7) is 3.44. The molecule has 0 unspecified atom stereocenters. The lowest BCUT2D eigenvalue weighted by molar-refractivity contribution is -0.126. The number of ether oxygens (including phenoxy) is 1. The minimum absolute atomic E-state index is 0.0298. The zero-order chi connectivity index (χ0) is 20.3. The molecule has 0 bridgehead atoms. The van der Waals surface area contributed by atoms with E-state index >= 15 is 0 Å². The lowest BCUT2D eigenvalue weighted by Crippen LogP contribution is -2.31. The molecule has 0 aliphatic rings. The smallest absolute Gasteiger partial charge is 0.246 e. The number of carbonyl (C=O) groups excluding carboxylic acids is 1. The third kappa shape index (κ3) is 7.19. The number of aryl methyl sites for hydroxylation is 1. The van der Waals surface area contributed by atoms with Crippen LogP contribution in [0.3, 0.4) is 0 Å². The van der Waals surface area contributed by atoms with Crippen LogP contribution in [0, 0.1) is 6.92 Å². The summed E-state index contributed by atoms with van der Waals surface area (Å²) in [5.74, 6) is 1.80. The van der Waals surface area contributed by atoms with Crippen LogP contribution in [0.25, 0.3) is 0 Å². The molecule has 8 heteroatoms. The van der Waals surface area contributed by atoms with E-state index in [0.717, 1.165) is 16.9 Å². The highest BCUT2D eigenvalue weighted by Gasteiger charge is 2.02. The Morgan fingerprint density at radius 1 is 0.966 bits per heavy atom. The zero-order valence-corrected chi connectivity index (χ0v) is 16.3.